The summed E-state index contributed by atoms with van der Waals surface area (Å²) in [6, 6.07) is 10.4. The maximum absolute atomic E-state index is 11.0. The monoisotopic (exact) mass is 236 g/mol. The molecule has 0 aliphatic rings. The van der Waals surface area contributed by atoms with Crippen LogP contribution in [0.15, 0.2) is 30.3 Å². The molecule has 0 atom stereocenters. The fraction of sp³-hybridized carbons (Fsp3) is 0.500. The van der Waals surface area contributed by atoms with Crippen LogP contribution in [-0.4, -0.2) is 38.2 Å². The van der Waals surface area contributed by atoms with Gasteiger partial charge in [0.15, 0.2) is 0 Å². The summed E-state index contributed by atoms with van der Waals surface area (Å²) >= 11 is 0. The zero-order chi connectivity index (χ0) is 12.7. The van der Waals surface area contributed by atoms with Crippen LogP contribution in [0.5, 0.6) is 0 Å². The predicted octanol–water partition coefficient (Wildman–Crippen LogP) is 2.22. The van der Waals surface area contributed by atoms with Crippen LogP contribution >= 0.6 is 0 Å². The standard InChI is InChI=1S/C14H22NO2/c1-15(2,11-7-10-14(16)17-3)12-13-8-5-4-6-9-13/h4-6,8-9H,7,10-12H2,1-3H3/q+1. The molecule has 0 radical (unpaired) electrons. The number of methoxy groups -OCH3 is 1. The first-order valence-electron chi connectivity index (χ1n) is 5.96. The van der Waals surface area contributed by atoms with Crippen molar-refractivity contribution in [3.05, 3.63) is 35.9 Å². The number of ether oxygens (including phenoxy) is 1. The highest BCUT2D eigenvalue weighted by Crippen LogP contribution is 2.10. The summed E-state index contributed by atoms with van der Waals surface area (Å²) < 4.78 is 5.53. The third kappa shape index (κ3) is 5.50. The number of quaternary nitrogens is 1. The van der Waals surface area contributed by atoms with Gasteiger partial charge in [-0.2, -0.15) is 0 Å². The molecule has 1 aromatic rings. The molecule has 1 aromatic carbocycles. The minimum atomic E-state index is -0.121. The zero-order valence-electron chi connectivity index (χ0n) is 11.0. The Kier molecular flexibility index (Phi) is 5.16. The highest BCUT2D eigenvalue weighted by molar-refractivity contribution is 5.68. The molecule has 0 aliphatic carbocycles. The van der Waals surface area contributed by atoms with Gasteiger partial charge in [0, 0.05) is 12.0 Å². The summed E-state index contributed by atoms with van der Waals surface area (Å²) in [6.07, 6.45) is 1.37. The van der Waals surface area contributed by atoms with E-state index < -0.39 is 0 Å². The van der Waals surface area contributed by atoms with E-state index in [1.165, 1.54) is 12.7 Å². The summed E-state index contributed by atoms with van der Waals surface area (Å²) in [4.78, 5) is 11.0. The molecule has 0 N–H and O–H groups in total. The highest BCUT2D eigenvalue weighted by atomic mass is 16.5. The van der Waals surface area contributed by atoms with Gasteiger partial charge >= 0.3 is 5.97 Å². The van der Waals surface area contributed by atoms with Crippen LogP contribution in [-0.2, 0) is 16.1 Å². The van der Waals surface area contributed by atoms with Gasteiger partial charge < -0.3 is 9.22 Å². The first kappa shape index (κ1) is 13.7. The third-order valence-corrected chi connectivity index (χ3v) is 2.83. The lowest BCUT2D eigenvalue weighted by molar-refractivity contribution is -0.903. The van der Waals surface area contributed by atoms with Gasteiger partial charge in [0.2, 0.25) is 0 Å². The molecule has 0 aliphatic heterocycles. The summed E-state index contributed by atoms with van der Waals surface area (Å²) in [5, 5.41) is 0. The second-order valence-electron chi connectivity index (χ2n) is 4.98. The third-order valence-electron chi connectivity index (χ3n) is 2.83. The van der Waals surface area contributed by atoms with E-state index in [9.17, 15) is 4.79 Å². The Hall–Kier alpha value is -1.35. The molecule has 94 valence electrons. The van der Waals surface area contributed by atoms with Crippen molar-refractivity contribution in [1.82, 2.24) is 0 Å². The fourth-order valence-electron chi connectivity index (χ4n) is 1.91. The number of benzene rings is 1. The van der Waals surface area contributed by atoms with Crippen LogP contribution in [0.3, 0.4) is 0 Å². The van der Waals surface area contributed by atoms with Gasteiger partial charge in [0.25, 0.3) is 0 Å². The van der Waals surface area contributed by atoms with Gasteiger partial charge in [0.05, 0.1) is 34.2 Å². The topological polar surface area (TPSA) is 26.3 Å². The van der Waals surface area contributed by atoms with Gasteiger partial charge in [0.1, 0.15) is 6.54 Å². The number of carbonyl (C=O) groups is 1. The molecule has 0 fully saturated rings. The molecule has 0 spiro atoms. The van der Waals surface area contributed by atoms with Gasteiger partial charge in [-0.25, -0.2) is 0 Å². The van der Waals surface area contributed by atoms with Crippen molar-refractivity contribution >= 4 is 5.97 Å². The molecule has 0 saturated heterocycles. The van der Waals surface area contributed by atoms with E-state index in [0.717, 1.165) is 24.0 Å². The molecule has 3 heteroatoms. The molecule has 0 aromatic heterocycles. The van der Waals surface area contributed by atoms with Crippen molar-refractivity contribution in [3.8, 4) is 0 Å². The maximum Gasteiger partial charge on any atom is 0.305 e. The van der Waals surface area contributed by atoms with Gasteiger partial charge in [-0.3, -0.25) is 4.79 Å². The van der Waals surface area contributed by atoms with Crippen molar-refractivity contribution < 1.29 is 14.0 Å². The molecule has 17 heavy (non-hydrogen) atoms. The Balaban J connectivity index is 2.38. The quantitative estimate of drug-likeness (QED) is 0.559. The number of esters is 1. The Morgan fingerprint density at radius 3 is 2.47 bits per heavy atom. The van der Waals surface area contributed by atoms with Gasteiger partial charge in [-0.1, -0.05) is 30.3 Å². The average molecular weight is 236 g/mol. The lowest BCUT2D eigenvalue weighted by atomic mass is 10.2. The van der Waals surface area contributed by atoms with E-state index in [-0.39, 0.29) is 5.97 Å². The Labute approximate surface area is 104 Å². The molecule has 0 saturated carbocycles. The van der Waals surface area contributed by atoms with Crippen LogP contribution in [0.4, 0.5) is 0 Å². The Morgan fingerprint density at radius 1 is 1.24 bits per heavy atom. The van der Waals surface area contributed by atoms with E-state index in [4.69, 9.17) is 0 Å². The Bertz CT molecular complexity index is 346. The molecule has 0 bridgehead atoms. The number of rotatable bonds is 6. The molecule has 0 heterocycles. The second kappa shape index (κ2) is 6.40. The lowest BCUT2D eigenvalue weighted by Gasteiger charge is -2.29. The lowest BCUT2D eigenvalue weighted by Crippen LogP contribution is -2.39. The molecule has 3 nitrogen and oxygen atoms in total. The number of nitrogens with zero attached hydrogens (tertiary/aromatic N) is 1. The number of carbonyl (C=O) groups excluding carboxylic acids is 1. The van der Waals surface area contributed by atoms with E-state index in [1.807, 2.05) is 6.07 Å². The highest BCUT2D eigenvalue weighted by Gasteiger charge is 2.16. The summed E-state index contributed by atoms with van der Waals surface area (Å²) in [6.45, 7) is 1.96. The first-order chi connectivity index (χ1) is 8.03. The van der Waals surface area contributed by atoms with Crippen LogP contribution < -0.4 is 0 Å². The molecule has 0 unspecified atom stereocenters. The van der Waals surface area contributed by atoms with Crippen molar-refractivity contribution in [1.29, 1.82) is 0 Å². The summed E-state index contributed by atoms with van der Waals surface area (Å²) in [5.41, 5.74) is 1.33. The molecular weight excluding hydrogens is 214 g/mol. The predicted molar refractivity (Wildman–Crippen MR) is 68.4 cm³/mol. The summed E-state index contributed by atoms with van der Waals surface area (Å²) in [5.74, 6) is -0.121. The van der Waals surface area contributed by atoms with Crippen LogP contribution in [0.2, 0.25) is 0 Å². The van der Waals surface area contributed by atoms with Gasteiger partial charge in [-0.15, -0.1) is 0 Å². The average Bonchev–Trinajstić information content (AvgIpc) is 2.29. The van der Waals surface area contributed by atoms with Crippen LogP contribution in [0.1, 0.15) is 18.4 Å². The number of hydrogen-bond donors (Lipinski definition) is 0. The Morgan fingerprint density at radius 2 is 1.88 bits per heavy atom. The molecule has 1 rings (SSSR count). The first-order valence-corrected chi connectivity index (χ1v) is 5.96. The molecule has 0 amide bonds. The van der Waals surface area contributed by atoms with Gasteiger partial charge in [-0.05, 0) is 0 Å². The van der Waals surface area contributed by atoms with E-state index in [2.05, 4.69) is 43.1 Å². The van der Waals surface area contributed by atoms with E-state index in [0.29, 0.717) is 6.42 Å². The smallest absolute Gasteiger partial charge is 0.305 e. The largest absolute Gasteiger partial charge is 0.469 e. The minimum absolute atomic E-state index is 0.121. The zero-order valence-corrected chi connectivity index (χ0v) is 11.0. The van der Waals surface area contributed by atoms with Crippen LogP contribution in [0, 0.1) is 0 Å². The van der Waals surface area contributed by atoms with Crippen molar-refractivity contribution in [2.75, 3.05) is 27.7 Å². The second-order valence-corrected chi connectivity index (χ2v) is 4.98. The summed E-state index contributed by atoms with van der Waals surface area (Å²) in [7, 11) is 5.81. The van der Waals surface area contributed by atoms with E-state index in [1.54, 1.807) is 0 Å². The SMILES string of the molecule is COC(=O)CCC[N+](C)(C)Cc1ccccc1. The normalized spacial score (nSPS) is 11.2. The maximum atomic E-state index is 11.0. The van der Waals surface area contributed by atoms with Crippen molar-refractivity contribution in [2.45, 2.75) is 19.4 Å². The van der Waals surface area contributed by atoms with Crippen molar-refractivity contribution in [2.24, 2.45) is 0 Å². The van der Waals surface area contributed by atoms with Crippen molar-refractivity contribution in [3.63, 3.8) is 0 Å². The van der Waals surface area contributed by atoms with Crippen LogP contribution in [0.25, 0.3) is 0 Å². The molecular formula is C14H22NO2+. The fourth-order valence-corrected chi connectivity index (χ4v) is 1.91. The minimum Gasteiger partial charge on any atom is -0.469 e. The van der Waals surface area contributed by atoms with E-state index >= 15 is 0 Å². The number of hydrogen-bond acceptors (Lipinski definition) is 2.